The molecule has 0 saturated heterocycles. The molecule has 2 nitrogen and oxygen atoms in total. The fourth-order valence-electron chi connectivity index (χ4n) is 1.70. The van der Waals surface area contributed by atoms with Gasteiger partial charge in [-0.3, -0.25) is 4.79 Å². The molecule has 0 aromatic heterocycles. The predicted octanol–water partition coefficient (Wildman–Crippen LogP) is 4.14. The maximum absolute atomic E-state index is 13.8. The van der Waals surface area contributed by atoms with Gasteiger partial charge in [0.25, 0.3) is 0 Å². The molecule has 0 saturated carbocycles. The van der Waals surface area contributed by atoms with Gasteiger partial charge < -0.3 is 4.74 Å². The first-order valence-electron chi connectivity index (χ1n) is 5.67. The van der Waals surface area contributed by atoms with Crippen molar-refractivity contribution in [2.45, 2.75) is 6.92 Å². The van der Waals surface area contributed by atoms with Crippen LogP contribution < -0.4 is 4.74 Å². The van der Waals surface area contributed by atoms with Gasteiger partial charge in [-0.1, -0.05) is 28.1 Å². The summed E-state index contributed by atoms with van der Waals surface area (Å²) in [6.45, 7) is 1.92. The van der Waals surface area contributed by atoms with Crippen LogP contribution in [-0.2, 0) is 0 Å². The highest BCUT2D eigenvalue weighted by molar-refractivity contribution is 9.10. The van der Waals surface area contributed by atoms with E-state index in [1.165, 1.54) is 19.2 Å². The Kier molecular flexibility index (Phi) is 4.00. The summed E-state index contributed by atoms with van der Waals surface area (Å²) < 4.78 is 19.6. The Bertz CT molecular complexity index is 638. The van der Waals surface area contributed by atoms with Gasteiger partial charge >= 0.3 is 0 Å². The highest BCUT2D eigenvalue weighted by Gasteiger charge is 2.15. The molecule has 0 aliphatic carbocycles. The summed E-state index contributed by atoms with van der Waals surface area (Å²) in [5.41, 5.74) is 1.50. The van der Waals surface area contributed by atoms with Crippen LogP contribution in [0.4, 0.5) is 4.39 Å². The summed E-state index contributed by atoms with van der Waals surface area (Å²) in [4.78, 5) is 12.2. The summed E-state index contributed by atoms with van der Waals surface area (Å²) in [7, 11) is 1.45. The lowest BCUT2D eigenvalue weighted by Gasteiger charge is -2.06. The number of methoxy groups -OCH3 is 1. The van der Waals surface area contributed by atoms with Crippen molar-refractivity contribution in [3.8, 4) is 5.75 Å². The van der Waals surface area contributed by atoms with E-state index >= 15 is 0 Å². The number of benzene rings is 2. The Hall–Kier alpha value is -1.68. The van der Waals surface area contributed by atoms with Crippen LogP contribution in [-0.4, -0.2) is 12.9 Å². The van der Waals surface area contributed by atoms with E-state index in [0.717, 1.165) is 10.0 Å². The van der Waals surface area contributed by atoms with Gasteiger partial charge in [0.2, 0.25) is 0 Å². The van der Waals surface area contributed by atoms with E-state index in [1.807, 2.05) is 13.0 Å². The molecule has 4 heteroatoms. The summed E-state index contributed by atoms with van der Waals surface area (Å²) in [6, 6.07) is 9.41. The average Bonchev–Trinajstić information content (AvgIpc) is 2.41. The minimum absolute atomic E-state index is 0.0385. The first kappa shape index (κ1) is 13.7. The van der Waals surface area contributed by atoms with Gasteiger partial charge in [-0.15, -0.1) is 0 Å². The topological polar surface area (TPSA) is 26.3 Å². The molecule has 2 aromatic rings. The molecule has 0 radical (unpaired) electrons. The minimum Gasteiger partial charge on any atom is -0.497 e. The summed E-state index contributed by atoms with van der Waals surface area (Å²) in [5, 5.41) is 0. The van der Waals surface area contributed by atoms with Gasteiger partial charge in [0.1, 0.15) is 11.6 Å². The Labute approximate surface area is 119 Å². The summed E-state index contributed by atoms with van der Waals surface area (Å²) in [5.74, 6) is -0.541. The quantitative estimate of drug-likeness (QED) is 0.794. The van der Waals surface area contributed by atoms with Gasteiger partial charge in [0.15, 0.2) is 5.78 Å². The molecule has 0 aliphatic rings. The predicted molar refractivity (Wildman–Crippen MR) is 75.3 cm³/mol. The highest BCUT2D eigenvalue weighted by atomic mass is 79.9. The van der Waals surface area contributed by atoms with Crippen LogP contribution in [0.25, 0.3) is 0 Å². The Morgan fingerprint density at radius 1 is 1.21 bits per heavy atom. The second kappa shape index (κ2) is 5.53. The van der Waals surface area contributed by atoms with E-state index in [0.29, 0.717) is 11.3 Å². The third kappa shape index (κ3) is 2.84. The SMILES string of the molecule is COc1ccc(C(=O)c2ccc(C)c(Br)c2)c(F)c1. The monoisotopic (exact) mass is 322 g/mol. The summed E-state index contributed by atoms with van der Waals surface area (Å²) >= 11 is 3.36. The molecule has 0 spiro atoms. The fourth-order valence-corrected chi connectivity index (χ4v) is 2.08. The largest absolute Gasteiger partial charge is 0.497 e. The molecule has 0 unspecified atom stereocenters. The van der Waals surface area contributed by atoms with E-state index in [4.69, 9.17) is 4.74 Å². The van der Waals surface area contributed by atoms with Crippen LogP contribution in [0.15, 0.2) is 40.9 Å². The molecule has 0 bridgehead atoms. The highest BCUT2D eigenvalue weighted by Crippen LogP contribution is 2.22. The zero-order chi connectivity index (χ0) is 14.0. The minimum atomic E-state index is -0.582. The third-order valence-corrected chi connectivity index (χ3v) is 3.71. The Balaban J connectivity index is 2.41. The van der Waals surface area contributed by atoms with Crippen molar-refractivity contribution in [1.29, 1.82) is 0 Å². The number of rotatable bonds is 3. The molecule has 0 amide bonds. The summed E-state index contributed by atoms with van der Waals surface area (Å²) in [6.07, 6.45) is 0. The number of ether oxygens (including phenoxy) is 1. The number of ketones is 1. The molecule has 98 valence electrons. The number of halogens is 2. The molecule has 2 aromatic carbocycles. The van der Waals surface area contributed by atoms with Crippen LogP contribution in [0, 0.1) is 12.7 Å². The van der Waals surface area contributed by atoms with Crippen LogP contribution in [0.1, 0.15) is 21.5 Å². The Morgan fingerprint density at radius 3 is 2.53 bits per heavy atom. The van der Waals surface area contributed by atoms with E-state index < -0.39 is 5.82 Å². The maximum Gasteiger partial charge on any atom is 0.196 e. The fraction of sp³-hybridized carbons (Fsp3) is 0.133. The number of hydrogen-bond donors (Lipinski definition) is 0. The van der Waals surface area contributed by atoms with Gasteiger partial charge in [-0.05, 0) is 30.7 Å². The van der Waals surface area contributed by atoms with Crippen molar-refractivity contribution in [2.75, 3.05) is 7.11 Å². The molecule has 2 rings (SSSR count). The third-order valence-electron chi connectivity index (χ3n) is 2.85. The normalized spacial score (nSPS) is 10.3. The van der Waals surface area contributed by atoms with Crippen molar-refractivity contribution >= 4 is 21.7 Å². The van der Waals surface area contributed by atoms with Crippen LogP contribution in [0.2, 0.25) is 0 Å². The van der Waals surface area contributed by atoms with Crippen LogP contribution in [0.5, 0.6) is 5.75 Å². The number of carbonyl (C=O) groups excluding carboxylic acids is 1. The van der Waals surface area contributed by atoms with Crippen LogP contribution in [0.3, 0.4) is 0 Å². The Morgan fingerprint density at radius 2 is 1.95 bits per heavy atom. The zero-order valence-corrected chi connectivity index (χ0v) is 12.1. The average molecular weight is 323 g/mol. The van der Waals surface area contributed by atoms with E-state index in [-0.39, 0.29) is 11.3 Å². The molecular formula is C15H12BrFO2. The van der Waals surface area contributed by atoms with Gasteiger partial charge in [-0.2, -0.15) is 0 Å². The molecule has 0 atom stereocenters. The van der Waals surface area contributed by atoms with Crippen molar-refractivity contribution in [1.82, 2.24) is 0 Å². The first-order chi connectivity index (χ1) is 9.02. The van der Waals surface area contributed by atoms with Gasteiger partial charge in [-0.25, -0.2) is 4.39 Å². The van der Waals surface area contributed by atoms with Crippen molar-refractivity contribution < 1.29 is 13.9 Å². The lowest BCUT2D eigenvalue weighted by molar-refractivity contribution is 0.103. The van der Waals surface area contributed by atoms with E-state index in [1.54, 1.807) is 18.2 Å². The maximum atomic E-state index is 13.8. The molecule has 19 heavy (non-hydrogen) atoms. The first-order valence-corrected chi connectivity index (χ1v) is 6.46. The van der Waals surface area contributed by atoms with Crippen molar-refractivity contribution in [3.05, 3.63) is 63.4 Å². The van der Waals surface area contributed by atoms with Crippen molar-refractivity contribution in [2.24, 2.45) is 0 Å². The lowest BCUT2D eigenvalue weighted by atomic mass is 10.0. The lowest BCUT2D eigenvalue weighted by Crippen LogP contribution is -2.04. The molecule has 0 aliphatic heterocycles. The van der Waals surface area contributed by atoms with E-state index in [9.17, 15) is 9.18 Å². The van der Waals surface area contributed by atoms with Crippen molar-refractivity contribution in [3.63, 3.8) is 0 Å². The number of hydrogen-bond acceptors (Lipinski definition) is 2. The van der Waals surface area contributed by atoms with Gasteiger partial charge in [0, 0.05) is 16.1 Å². The smallest absolute Gasteiger partial charge is 0.196 e. The second-order valence-electron chi connectivity index (χ2n) is 4.14. The number of carbonyl (C=O) groups is 1. The van der Waals surface area contributed by atoms with Crippen LogP contribution >= 0.6 is 15.9 Å². The standard InChI is InChI=1S/C15H12BrFO2/c1-9-3-4-10(7-13(9)16)15(18)12-6-5-11(19-2)8-14(12)17/h3-8H,1-2H3. The molecular weight excluding hydrogens is 311 g/mol. The van der Waals surface area contributed by atoms with Gasteiger partial charge in [0.05, 0.1) is 12.7 Å². The zero-order valence-electron chi connectivity index (χ0n) is 10.5. The molecule has 0 heterocycles. The molecule has 0 N–H and O–H groups in total. The van der Waals surface area contributed by atoms with E-state index in [2.05, 4.69) is 15.9 Å². The number of aryl methyl sites for hydroxylation is 1. The molecule has 0 fully saturated rings. The second-order valence-corrected chi connectivity index (χ2v) is 4.99.